The second-order valence-corrected chi connectivity index (χ2v) is 3.95. The first-order chi connectivity index (χ1) is 8.20. The van der Waals surface area contributed by atoms with Crippen molar-refractivity contribution >= 4 is 34.1 Å². The number of carbonyl (C=O) groups excluding carboxylic acids is 1. The van der Waals surface area contributed by atoms with Gasteiger partial charge in [-0.15, -0.1) is 0 Å². The van der Waals surface area contributed by atoms with Gasteiger partial charge in [0, 0.05) is 23.7 Å². The lowest BCUT2D eigenvalue weighted by molar-refractivity contribution is -0.119. The molecular weight excluding hydrogens is 240 g/mol. The fourth-order valence-corrected chi connectivity index (χ4v) is 1.80. The fourth-order valence-electron chi connectivity index (χ4n) is 1.57. The highest BCUT2D eigenvalue weighted by molar-refractivity contribution is 6.32. The van der Waals surface area contributed by atoms with Crippen molar-refractivity contribution < 1.29 is 9.53 Å². The van der Waals surface area contributed by atoms with Crippen LogP contribution in [0.4, 0.5) is 5.69 Å². The maximum atomic E-state index is 11.5. The molecule has 0 spiro atoms. The third-order valence-corrected chi connectivity index (χ3v) is 2.44. The molecule has 0 aliphatic heterocycles. The van der Waals surface area contributed by atoms with Gasteiger partial charge in [-0.25, -0.2) is 0 Å². The molecular formula is C12H11ClN2O2. The number of pyridine rings is 1. The molecule has 2 rings (SSSR count). The molecule has 0 saturated carbocycles. The normalized spacial score (nSPS) is 10.5. The highest BCUT2D eigenvalue weighted by Crippen LogP contribution is 2.26. The molecule has 1 N–H and O–H groups in total. The van der Waals surface area contributed by atoms with Crippen molar-refractivity contribution in [2.45, 2.75) is 0 Å². The lowest BCUT2D eigenvalue weighted by Crippen LogP contribution is -2.17. The Bertz CT molecular complexity index is 557. The highest BCUT2D eigenvalue weighted by atomic mass is 35.5. The zero-order valence-electron chi connectivity index (χ0n) is 9.24. The quantitative estimate of drug-likeness (QED) is 0.911. The number of halogens is 1. The van der Waals surface area contributed by atoms with Crippen LogP contribution >= 0.6 is 11.6 Å². The Kier molecular flexibility index (Phi) is 3.56. The molecule has 1 aromatic heterocycles. The van der Waals surface area contributed by atoms with Crippen molar-refractivity contribution in [2.75, 3.05) is 19.0 Å². The van der Waals surface area contributed by atoms with Crippen LogP contribution in [0.25, 0.3) is 10.9 Å². The van der Waals surface area contributed by atoms with Crippen LogP contribution in [0.2, 0.25) is 5.02 Å². The molecule has 0 atom stereocenters. The predicted octanol–water partition coefficient (Wildman–Crippen LogP) is 2.47. The summed E-state index contributed by atoms with van der Waals surface area (Å²) in [5.41, 5.74) is 1.30. The van der Waals surface area contributed by atoms with E-state index in [2.05, 4.69) is 10.3 Å². The van der Waals surface area contributed by atoms with Crippen molar-refractivity contribution in [3.8, 4) is 0 Å². The van der Waals surface area contributed by atoms with Gasteiger partial charge in [0.05, 0.1) is 11.2 Å². The lowest BCUT2D eigenvalue weighted by Gasteiger charge is -2.08. The van der Waals surface area contributed by atoms with Crippen LogP contribution in [-0.2, 0) is 9.53 Å². The van der Waals surface area contributed by atoms with Crippen LogP contribution in [0, 0.1) is 0 Å². The molecule has 0 bridgehead atoms. The number of amides is 1. The van der Waals surface area contributed by atoms with E-state index >= 15 is 0 Å². The molecule has 88 valence electrons. The fraction of sp³-hybridized carbons (Fsp3) is 0.167. The molecule has 4 nitrogen and oxygen atoms in total. The van der Waals surface area contributed by atoms with Gasteiger partial charge < -0.3 is 10.1 Å². The Labute approximate surface area is 104 Å². The number of aromatic nitrogens is 1. The minimum absolute atomic E-state index is 0.000834. The monoisotopic (exact) mass is 250 g/mol. The maximum Gasteiger partial charge on any atom is 0.250 e. The van der Waals surface area contributed by atoms with Crippen LogP contribution in [-0.4, -0.2) is 24.6 Å². The van der Waals surface area contributed by atoms with Crippen molar-refractivity contribution in [3.05, 3.63) is 35.5 Å². The van der Waals surface area contributed by atoms with E-state index < -0.39 is 0 Å². The summed E-state index contributed by atoms with van der Waals surface area (Å²) < 4.78 is 4.75. The molecule has 2 aromatic rings. The first-order valence-corrected chi connectivity index (χ1v) is 5.41. The summed E-state index contributed by atoms with van der Waals surface area (Å²) in [4.78, 5) is 15.7. The average Bonchev–Trinajstić information content (AvgIpc) is 2.29. The Morgan fingerprint density at radius 2 is 2.35 bits per heavy atom. The second kappa shape index (κ2) is 5.12. The van der Waals surface area contributed by atoms with E-state index in [0.29, 0.717) is 16.2 Å². The summed E-state index contributed by atoms with van der Waals surface area (Å²) >= 11 is 5.97. The van der Waals surface area contributed by atoms with Crippen LogP contribution in [0.5, 0.6) is 0 Å². The third-order valence-electron chi connectivity index (χ3n) is 2.22. The number of nitrogens with one attached hydrogen (secondary N) is 1. The van der Waals surface area contributed by atoms with Gasteiger partial charge in [0.1, 0.15) is 6.61 Å². The molecule has 1 heterocycles. The largest absolute Gasteiger partial charge is 0.375 e. The smallest absolute Gasteiger partial charge is 0.250 e. The topological polar surface area (TPSA) is 51.2 Å². The number of ether oxygens (including phenoxy) is 1. The van der Waals surface area contributed by atoms with Gasteiger partial charge in [0.25, 0.3) is 0 Å². The van der Waals surface area contributed by atoms with Crippen LogP contribution < -0.4 is 5.32 Å². The van der Waals surface area contributed by atoms with Gasteiger partial charge in [-0.05, 0) is 18.2 Å². The number of anilines is 1. The first kappa shape index (κ1) is 11.8. The standard InChI is InChI=1S/C12H11ClN2O2/c1-17-7-11(16)15-10-6-9(13)5-8-3-2-4-14-12(8)10/h2-6H,7H2,1H3,(H,15,16). The summed E-state index contributed by atoms with van der Waals surface area (Å²) in [7, 11) is 1.47. The van der Waals surface area contributed by atoms with E-state index in [0.717, 1.165) is 5.39 Å². The molecule has 0 saturated heterocycles. The van der Waals surface area contributed by atoms with E-state index in [1.807, 2.05) is 12.1 Å². The first-order valence-electron chi connectivity index (χ1n) is 5.04. The van der Waals surface area contributed by atoms with E-state index in [4.69, 9.17) is 16.3 Å². The number of methoxy groups -OCH3 is 1. The van der Waals surface area contributed by atoms with Crippen molar-refractivity contribution in [1.29, 1.82) is 0 Å². The van der Waals surface area contributed by atoms with Gasteiger partial charge in [0.2, 0.25) is 5.91 Å². The van der Waals surface area contributed by atoms with E-state index in [1.54, 1.807) is 18.3 Å². The van der Waals surface area contributed by atoms with Gasteiger partial charge in [-0.1, -0.05) is 17.7 Å². The van der Waals surface area contributed by atoms with Crippen LogP contribution in [0.3, 0.4) is 0 Å². The molecule has 0 aliphatic rings. The molecule has 17 heavy (non-hydrogen) atoms. The Balaban J connectivity index is 2.42. The van der Waals surface area contributed by atoms with Crippen molar-refractivity contribution in [1.82, 2.24) is 4.98 Å². The SMILES string of the molecule is COCC(=O)Nc1cc(Cl)cc2cccnc12. The Morgan fingerprint density at radius 1 is 1.53 bits per heavy atom. The van der Waals surface area contributed by atoms with Crippen LogP contribution in [0.15, 0.2) is 30.5 Å². The molecule has 0 unspecified atom stereocenters. The van der Waals surface area contributed by atoms with Gasteiger partial charge >= 0.3 is 0 Å². The molecule has 5 heteroatoms. The number of nitrogens with zero attached hydrogens (tertiary/aromatic N) is 1. The van der Waals surface area contributed by atoms with Crippen molar-refractivity contribution in [3.63, 3.8) is 0 Å². The molecule has 1 amide bonds. The van der Waals surface area contributed by atoms with Gasteiger partial charge in [0.15, 0.2) is 0 Å². The zero-order chi connectivity index (χ0) is 12.3. The Morgan fingerprint density at radius 3 is 3.12 bits per heavy atom. The molecule has 1 aromatic carbocycles. The lowest BCUT2D eigenvalue weighted by atomic mass is 10.2. The number of fused-ring (bicyclic) bond motifs is 1. The maximum absolute atomic E-state index is 11.5. The predicted molar refractivity (Wildman–Crippen MR) is 67.3 cm³/mol. The van der Waals surface area contributed by atoms with Gasteiger partial charge in [-0.2, -0.15) is 0 Å². The molecule has 0 aliphatic carbocycles. The number of benzene rings is 1. The minimum Gasteiger partial charge on any atom is -0.375 e. The number of hydrogen-bond donors (Lipinski definition) is 1. The Hall–Kier alpha value is -1.65. The molecule has 0 radical (unpaired) electrons. The summed E-state index contributed by atoms with van der Waals surface area (Å²) in [6, 6.07) is 7.18. The molecule has 0 fully saturated rings. The zero-order valence-corrected chi connectivity index (χ0v) is 9.99. The number of hydrogen-bond acceptors (Lipinski definition) is 3. The summed E-state index contributed by atoms with van der Waals surface area (Å²) in [6.45, 7) is 0.000834. The average molecular weight is 251 g/mol. The third kappa shape index (κ3) is 2.72. The number of rotatable bonds is 3. The van der Waals surface area contributed by atoms with Gasteiger partial charge in [-0.3, -0.25) is 9.78 Å². The van der Waals surface area contributed by atoms with Crippen molar-refractivity contribution in [2.24, 2.45) is 0 Å². The van der Waals surface area contributed by atoms with E-state index in [-0.39, 0.29) is 12.5 Å². The second-order valence-electron chi connectivity index (χ2n) is 3.51. The van der Waals surface area contributed by atoms with Crippen LogP contribution in [0.1, 0.15) is 0 Å². The summed E-state index contributed by atoms with van der Waals surface area (Å²) in [6.07, 6.45) is 1.67. The number of carbonyl (C=O) groups is 1. The van der Waals surface area contributed by atoms with E-state index in [1.165, 1.54) is 7.11 Å². The summed E-state index contributed by atoms with van der Waals surface area (Å²) in [5, 5.41) is 4.15. The highest BCUT2D eigenvalue weighted by Gasteiger charge is 2.07. The minimum atomic E-state index is -0.235. The summed E-state index contributed by atoms with van der Waals surface area (Å²) in [5.74, 6) is -0.235. The van der Waals surface area contributed by atoms with E-state index in [9.17, 15) is 4.79 Å².